The van der Waals surface area contributed by atoms with Crippen LogP contribution in [0.2, 0.25) is 0 Å². The maximum absolute atomic E-state index is 12.7. The van der Waals surface area contributed by atoms with Gasteiger partial charge in [-0.15, -0.1) is 0 Å². The van der Waals surface area contributed by atoms with Crippen LogP contribution < -0.4 is 14.8 Å². The number of para-hydroxylation sites is 1. The molecule has 1 N–H and O–H groups in total. The number of rotatable bonds is 8. The zero-order valence-electron chi connectivity index (χ0n) is 18.0. The molecule has 4 rings (SSSR count). The minimum atomic E-state index is -0.558. The van der Waals surface area contributed by atoms with E-state index in [0.717, 1.165) is 10.0 Å². The number of amides is 1. The summed E-state index contributed by atoms with van der Waals surface area (Å²) in [6, 6.07) is 21.8. The lowest BCUT2D eigenvalue weighted by molar-refractivity contribution is -0.384. The first-order valence-electron chi connectivity index (χ1n) is 10.2. The number of anilines is 1. The van der Waals surface area contributed by atoms with Crippen molar-refractivity contribution in [3.8, 4) is 17.2 Å². The van der Waals surface area contributed by atoms with Crippen LogP contribution in [0.4, 0.5) is 11.4 Å². The van der Waals surface area contributed by atoms with Crippen LogP contribution in [0.3, 0.4) is 0 Å². The van der Waals surface area contributed by atoms with E-state index >= 15 is 0 Å². The Morgan fingerprint density at radius 1 is 1.03 bits per heavy atom. The van der Waals surface area contributed by atoms with Crippen molar-refractivity contribution in [2.45, 2.75) is 13.5 Å². The summed E-state index contributed by atoms with van der Waals surface area (Å²) < 4.78 is 18.0. The van der Waals surface area contributed by atoms with Crippen molar-refractivity contribution >= 4 is 33.2 Å². The van der Waals surface area contributed by atoms with E-state index in [1.165, 1.54) is 24.3 Å². The second-order valence-corrected chi connectivity index (χ2v) is 8.22. The number of nitro benzene ring substituents is 1. The van der Waals surface area contributed by atoms with Gasteiger partial charge in [0.2, 0.25) is 0 Å². The highest BCUT2D eigenvalue weighted by Gasteiger charge is 2.16. The Labute approximate surface area is 203 Å². The summed E-state index contributed by atoms with van der Waals surface area (Å²) in [5.41, 5.74) is 0.851. The molecule has 0 radical (unpaired) electrons. The summed E-state index contributed by atoms with van der Waals surface area (Å²) >= 11 is 3.36. The molecule has 9 heteroatoms. The third-order valence-electron chi connectivity index (χ3n) is 4.76. The first-order valence-corrected chi connectivity index (χ1v) is 11.0. The number of carbonyl (C=O) groups is 1. The average Bonchev–Trinajstić information content (AvgIpc) is 3.29. The van der Waals surface area contributed by atoms with Crippen LogP contribution in [0.1, 0.15) is 21.9 Å². The molecule has 0 aliphatic carbocycles. The second-order valence-electron chi connectivity index (χ2n) is 7.30. The molecule has 4 aromatic rings. The molecule has 0 spiro atoms. The number of non-ortho nitro benzene ring substituents is 1. The Morgan fingerprint density at radius 2 is 1.79 bits per heavy atom. The van der Waals surface area contributed by atoms with E-state index < -0.39 is 10.8 Å². The maximum Gasteiger partial charge on any atom is 0.291 e. The van der Waals surface area contributed by atoms with Crippen LogP contribution in [-0.4, -0.2) is 10.8 Å². The molecule has 1 heterocycles. The van der Waals surface area contributed by atoms with E-state index in [4.69, 9.17) is 13.9 Å². The van der Waals surface area contributed by atoms with Gasteiger partial charge in [-0.25, -0.2) is 0 Å². The van der Waals surface area contributed by atoms with Crippen molar-refractivity contribution < 1.29 is 23.6 Å². The quantitative estimate of drug-likeness (QED) is 0.199. The van der Waals surface area contributed by atoms with Gasteiger partial charge in [-0.2, -0.15) is 0 Å². The zero-order chi connectivity index (χ0) is 24.1. The van der Waals surface area contributed by atoms with Crippen molar-refractivity contribution in [1.29, 1.82) is 0 Å². The first kappa shape index (κ1) is 23.1. The average molecular weight is 523 g/mol. The number of nitrogens with zero attached hydrogens (tertiary/aromatic N) is 1. The van der Waals surface area contributed by atoms with Gasteiger partial charge in [-0.1, -0.05) is 34.1 Å². The molecule has 0 bridgehead atoms. The van der Waals surface area contributed by atoms with Crippen LogP contribution in [0, 0.1) is 17.0 Å². The van der Waals surface area contributed by atoms with Crippen LogP contribution in [0.15, 0.2) is 87.8 Å². The Morgan fingerprint density at radius 3 is 2.53 bits per heavy atom. The molecule has 0 atom stereocenters. The Bertz CT molecular complexity index is 1330. The second kappa shape index (κ2) is 10.2. The highest BCUT2D eigenvalue weighted by atomic mass is 79.9. The predicted octanol–water partition coefficient (Wildman–Crippen LogP) is 6.88. The summed E-state index contributed by atoms with van der Waals surface area (Å²) in [6.45, 7) is 2.00. The van der Waals surface area contributed by atoms with Gasteiger partial charge in [0.05, 0.1) is 16.7 Å². The summed E-state index contributed by atoms with van der Waals surface area (Å²) in [4.78, 5) is 23.5. The van der Waals surface area contributed by atoms with Crippen molar-refractivity contribution in [3.63, 3.8) is 0 Å². The Balaban J connectivity index is 1.46. The summed E-state index contributed by atoms with van der Waals surface area (Å²) in [6.07, 6.45) is 0. The SMILES string of the molecule is Cc1ccccc1Oc1cc(NC(=O)c2ccc(COc3ccc(Br)cc3)o2)cc([N+](=O)[O-])c1. The Kier molecular flexibility index (Phi) is 6.93. The van der Waals surface area contributed by atoms with Crippen LogP contribution in [0.5, 0.6) is 17.2 Å². The fourth-order valence-corrected chi connectivity index (χ4v) is 3.34. The molecule has 0 aliphatic heterocycles. The number of aryl methyl sites for hydroxylation is 1. The molecule has 0 saturated carbocycles. The lowest BCUT2D eigenvalue weighted by atomic mass is 10.2. The van der Waals surface area contributed by atoms with Crippen molar-refractivity contribution in [1.82, 2.24) is 0 Å². The van der Waals surface area contributed by atoms with Gasteiger partial charge in [0.15, 0.2) is 5.76 Å². The zero-order valence-corrected chi connectivity index (χ0v) is 19.6. The number of hydrogen-bond acceptors (Lipinski definition) is 6. The van der Waals surface area contributed by atoms with E-state index in [-0.39, 0.29) is 29.5 Å². The molecule has 34 heavy (non-hydrogen) atoms. The number of nitrogens with one attached hydrogen (secondary N) is 1. The minimum absolute atomic E-state index is 0.0438. The van der Waals surface area contributed by atoms with Crippen LogP contribution >= 0.6 is 15.9 Å². The largest absolute Gasteiger partial charge is 0.486 e. The van der Waals surface area contributed by atoms with Gasteiger partial charge in [0, 0.05) is 16.6 Å². The fourth-order valence-electron chi connectivity index (χ4n) is 3.07. The van der Waals surface area contributed by atoms with Crippen LogP contribution in [-0.2, 0) is 6.61 Å². The molecular weight excluding hydrogens is 504 g/mol. The number of nitro groups is 1. The first-order chi connectivity index (χ1) is 16.4. The topological polar surface area (TPSA) is 104 Å². The minimum Gasteiger partial charge on any atom is -0.486 e. The van der Waals surface area contributed by atoms with Gasteiger partial charge in [-0.05, 0) is 55.0 Å². The smallest absolute Gasteiger partial charge is 0.291 e. The summed E-state index contributed by atoms with van der Waals surface area (Å²) in [5.74, 6) is 1.38. The Hall–Kier alpha value is -4.11. The molecule has 0 aliphatic rings. The predicted molar refractivity (Wildman–Crippen MR) is 129 cm³/mol. The summed E-state index contributed by atoms with van der Waals surface area (Å²) in [7, 11) is 0. The third kappa shape index (κ3) is 5.81. The number of hydrogen-bond donors (Lipinski definition) is 1. The highest BCUT2D eigenvalue weighted by molar-refractivity contribution is 9.10. The molecule has 3 aromatic carbocycles. The van der Waals surface area contributed by atoms with Crippen molar-refractivity contribution in [2.75, 3.05) is 5.32 Å². The molecule has 1 amide bonds. The van der Waals surface area contributed by atoms with Crippen LogP contribution in [0.25, 0.3) is 0 Å². The summed E-state index contributed by atoms with van der Waals surface area (Å²) in [5, 5.41) is 14.0. The molecule has 0 saturated heterocycles. The number of carbonyl (C=O) groups excluding carboxylic acids is 1. The molecule has 8 nitrogen and oxygen atoms in total. The standard InChI is InChI=1S/C25H19BrN2O6/c1-16-4-2-3-5-23(16)34-22-13-18(12-19(14-22)28(30)31)27-25(29)24-11-10-21(33-24)15-32-20-8-6-17(26)7-9-20/h2-14H,15H2,1H3,(H,27,29). The monoisotopic (exact) mass is 522 g/mol. The maximum atomic E-state index is 12.7. The molecule has 0 unspecified atom stereocenters. The van der Waals surface area contributed by atoms with Gasteiger partial charge in [-0.3, -0.25) is 14.9 Å². The van der Waals surface area contributed by atoms with Gasteiger partial charge in [0.25, 0.3) is 11.6 Å². The van der Waals surface area contributed by atoms with Gasteiger partial charge in [0.1, 0.15) is 29.6 Å². The van der Waals surface area contributed by atoms with E-state index in [9.17, 15) is 14.9 Å². The van der Waals surface area contributed by atoms with E-state index in [0.29, 0.717) is 17.3 Å². The molecule has 1 aromatic heterocycles. The third-order valence-corrected chi connectivity index (χ3v) is 5.29. The van der Waals surface area contributed by atoms with E-state index in [1.807, 2.05) is 31.2 Å². The van der Waals surface area contributed by atoms with Crippen molar-refractivity contribution in [3.05, 3.63) is 111 Å². The lowest BCUT2D eigenvalue weighted by Gasteiger charge is -2.10. The van der Waals surface area contributed by atoms with E-state index in [2.05, 4.69) is 21.2 Å². The molecule has 0 fully saturated rings. The normalized spacial score (nSPS) is 10.5. The lowest BCUT2D eigenvalue weighted by Crippen LogP contribution is -2.11. The highest BCUT2D eigenvalue weighted by Crippen LogP contribution is 2.31. The van der Waals surface area contributed by atoms with Gasteiger partial charge < -0.3 is 19.2 Å². The number of halogens is 1. The molecule has 172 valence electrons. The fraction of sp³-hybridized carbons (Fsp3) is 0.0800. The van der Waals surface area contributed by atoms with E-state index in [1.54, 1.807) is 30.3 Å². The number of ether oxygens (including phenoxy) is 2. The number of benzene rings is 3. The van der Waals surface area contributed by atoms with Crippen molar-refractivity contribution in [2.24, 2.45) is 0 Å². The van der Waals surface area contributed by atoms with Gasteiger partial charge >= 0.3 is 0 Å². The number of furan rings is 1. The molecular formula is C25H19BrN2O6.